The molecule has 0 bridgehead atoms. The Morgan fingerprint density at radius 1 is 1.22 bits per heavy atom. The Kier molecular flexibility index (Phi) is 3.56. The van der Waals surface area contributed by atoms with Gasteiger partial charge in [-0.3, -0.25) is 0 Å². The van der Waals surface area contributed by atoms with Crippen molar-refractivity contribution in [3.8, 4) is 0 Å². The average molecular weight is 255 g/mol. The predicted molar refractivity (Wildman–Crippen MR) is 65.8 cm³/mol. The summed E-state index contributed by atoms with van der Waals surface area (Å²) in [6.45, 7) is 7.82. The second kappa shape index (κ2) is 4.70. The third-order valence-corrected chi connectivity index (χ3v) is 3.74. The lowest BCUT2D eigenvalue weighted by Crippen LogP contribution is -2.43. The maximum absolute atomic E-state index is 8.78. The van der Waals surface area contributed by atoms with Crippen LogP contribution in [0.15, 0.2) is 5.11 Å². The van der Waals surface area contributed by atoms with E-state index in [4.69, 9.17) is 19.7 Å². The molecule has 102 valence electrons. The number of azide groups is 1. The van der Waals surface area contributed by atoms with Crippen LogP contribution < -0.4 is 0 Å². The molecule has 2 aliphatic heterocycles. The zero-order valence-corrected chi connectivity index (χ0v) is 11.4. The molecule has 2 heterocycles. The van der Waals surface area contributed by atoms with E-state index in [0.29, 0.717) is 0 Å². The number of fused-ring (bicyclic) bond motifs is 1. The van der Waals surface area contributed by atoms with E-state index in [1.54, 1.807) is 0 Å². The minimum absolute atomic E-state index is 0.303. The van der Waals surface area contributed by atoms with Crippen LogP contribution in [0.4, 0.5) is 0 Å². The second-order valence-electron chi connectivity index (χ2n) is 5.40. The van der Waals surface area contributed by atoms with Crippen LogP contribution in [-0.4, -0.2) is 29.8 Å². The zero-order valence-electron chi connectivity index (χ0n) is 11.4. The van der Waals surface area contributed by atoms with Crippen LogP contribution in [0.2, 0.25) is 0 Å². The Morgan fingerprint density at radius 2 is 1.94 bits per heavy atom. The number of rotatable bonds is 4. The second-order valence-corrected chi connectivity index (χ2v) is 5.40. The highest BCUT2D eigenvalue weighted by Crippen LogP contribution is 2.47. The molecule has 2 fully saturated rings. The van der Waals surface area contributed by atoms with Crippen molar-refractivity contribution < 1.29 is 14.2 Å². The van der Waals surface area contributed by atoms with E-state index in [9.17, 15) is 0 Å². The summed E-state index contributed by atoms with van der Waals surface area (Å²) in [5.41, 5.74) is 8.33. The molecular weight excluding hydrogens is 234 g/mol. The molecule has 2 saturated heterocycles. The van der Waals surface area contributed by atoms with Crippen LogP contribution in [0.1, 0.15) is 47.0 Å². The molecule has 4 atom stereocenters. The van der Waals surface area contributed by atoms with Crippen LogP contribution in [0, 0.1) is 0 Å². The van der Waals surface area contributed by atoms with Crippen molar-refractivity contribution in [2.45, 2.75) is 76.8 Å². The monoisotopic (exact) mass is 255 g/mol. The molecule has 0 aromatic rings. The lowest BCUT2D eigenvalue weighted by atomic mass is 9.86. The van der Waals surface area contributed by atoms with Gasteiger partial charge in [0.2, 0.25) is 0 Å². The number of hydrogen-bond donors (Lipinski definition) is 0. The highest BCUT2D eigenvalue weighted by atomic mass is 16.8. The molecule has 0 aromatic carbocycles. The summed E-state index contributed by atoms with van der Waals surface area (Å²) in [6.07, 6.45) is 1.86. The summed E-state index contributed by atoms with van der Waals surface area (Å²) >= 11 is 0. The molecule has 2 aliphatic rings. The largest absolute Gasteiger partial charge is 0.343 e. The van der Waals surface area contributed by atoms with Gasteiger partial charge in [-0.1, -0.05) is 25.4 Å². The van der Waals surface area contributed by atoms with E-state index < -0.39 is 17.7 Å². The molecule has 0 aliphatic carbocycles. The van der Waals surface area contributed by atoms with E-state index in [2.05, 4.69) is 16.9 Å². The van der Waals surface area contributed by atoms with Crippen LogP contribution in [0.5, 0.6) is 0 Å². The summed E-state index contributed by atoms with van der Waals surface area (Å²) in [7, 11) is 0. The summed E-state index contributed by atoms with van der Waals surface area (Å²) in [6, 6.07) is -0.320. The van der Waals surface area contributed by atoms with Crippen molar-refractivity contribution in [1.82, 2.24) is 0 Å². The molecule has 18 heavy (non-hydrogen) atoms. The van der Waals surface area contributed by atoms with Gasteiger partial charge in [0.1, 0.15) is 6.10 Å². The average Bonchev–Trinajstić information content (AvgIpc) is 2.72. The summed E-state index contributed by atoms with van der Waals surface area (Å²) in [4.78, 5) is 2.96. The third kappa shape index (κ3) is 2.10. The summed E-state index contributed by atoms with van der Waals surface area (Å²) in [5, 5.41) is 3.93. The van der Waals surface area contributed by atoms with Gasteiger partial charge in [0, 0.05) is 4.91 Å². The maximum Gasteiger partial charge on any atom is 0.188 e. The standard InChI is InChI=1S/C12H21N3O3/c1-5-7-12(6-2)9(14-15-13)8-10(18-12)17-11(3,4)16-8/h8-10H,5-7H2,1-4H3/t8-,9+,10+,12+/m1/s1. The molecule has 0 amide bonds. The number of ether oxygens (including phenoxy) is 3. The van der Waals surface area contributed by atoms with Crippen molar-refractivity contribution in [3.63, 3.8) is 0 Å². The molecule has 0 unspecified atom stereocenters. The smallest absolute Gasteiger partial charge is 0.188 e. The van der Waals surface area contributed by atoms with Gasteiger partial charge >= 0.3 is 0 Å². The normalized spacial score (nSPS) is 41.4. The lowest BCUT2D eigenvalue weighted by Gasteiger charge is -2.34. The van der Waals surface area contributed by atoms with Gasteiger partial charge in [-0.15, -0.1) is 0 Å². The first-order valence-electron chi connectivity index (χ1n) is 6.55. The predicted octanol–water partition coefficient (Wildman–Crippen LogP) is 3.12. The van der Waals surface area contributed by atoms with Gasteiger partial charge in [-0.2, -0.15) is 0 Å². The minimum atomic E-state index is -0.676. The number of nitrogens with zero attached hydrogens (tertiary/aromatic N) is 3. The van der Waals surface area contributed by atoms with Crippen molar-refractivity contribution >= 4 is 0 Å². The lowest BCUT2D eigenvalue weighted by molar-refractivity contribution is -0.228. The zero-order chi connectivity index (χ0) is 13.4. The van der Waals surface area contributed by atoms with Gasteiger partial charge in [-0.25, -0.2) is 0 Å². The Labute approximate surface area is 107 Å². The van der Waals surface area contributed by atoms with Crippen molar-refractivity contribution in [3.05, 3.63) is 10.4 Å². The van der Waals surface area contributed by atoms with E-state index >= 15 is 0 Å². The SMILES string of the molecule is CCC[C@]1(CC)O[C@@H]2OC(C)(C)O[C@@H]2[C@@H]1N=[N+]=[N-]. The Hall–Kier alpha value is -0.810. The van der Waals surface area contributed by atoms with Crippen molar-refractivity contribution in [2.75, 3.05) is 0 Å². The van der Waals surface area contributed by atoms with Gasteiger partial charge in [0.15, 0.2) is 12.1 Å². The minimum Gasteiger partial charge on any atom is -0.343 e. The molecular formula is C12H21N3O3. The first-order chi connectivity index (χ1) is 8.48. The van der Waals surface area contributed by atoms with Gasteiger partial charge in [0.05, 0.1) is 11.6 Å². The third-order valence-electron chi connectivity index (χ3n) is 3.74. The van der Waals surface area contributed by atoms with E-state index in [1.165, 1.54) is 0 Å². The quantitative estimate of drug-likeness (QED) is 0.440. The summed E-state index contributed by atoms with van der Waals surface area (Å²) < 4.78 is 17.6. The van der Waals surface area contributed by atoms with Crippen molar-refractivity contribution in [1.29, 1.82) is 0 Å². The van der Waals surface area contributed by atoms with Crippen molar-refractivity contribution in [2.24, 2.45) is 5.11 Å². The molecule has 0 N–H and O–H groups in total. The molecule has 0 saturated carbocycles. The van der Waals surface area contributed by atoms with Crippen LogP contribution in [0.25, 0.3) is 10.4 Å². The van der Waals surface area contributed by atoms with Gasteiger partial charge in [-0.05, 0) is 32.2 Å². The Bertz CT molecular complexity index is 368. The summed E-state index contributed by atoms with van der Waals surface area (Å²) in [5.74, 6) is -0.676. The molecule has 0 radical (unpaired) electrons. The van der Waals surface area contributed by atoms with Gasteiger partial charge in [0.25, 0.3) is 0 Å². The van der Waals surface area contributed by atoms with Crippen LogP contribution in [-0.2, 0) is 14.2 Å². The molecule has 6 nitrogen and oxygen atoms in total. The van der Waals surface area contributed by atoms with E-state index in [0.717, 1.165) is 19.3 Å². The molecule has 6 heteroatoms. The van der Waals surface area contributed by atoms with Crippen LogP contribution >= 0.6 is 0 Å². The topological polar surface area (TPSA) is 76.5 Å². The maximum atomic E-state index is 8.78. The first-order valence-corrected chi connectivity index (χ1v) is 6.55. The fourth-order valence-corrected chi connectivity index (χ4v) is 2.99. The Morgan fingerprint density at radius 3 is 2.50 bits per heavy atom. The molecule has 0 spiro atoms. The van der Waals surface area contributed by atoms with Crippen LogP contribution in [0.3, 0.4) is 0 Å². The Balaban J connectivity index is 2.29. The first kappa shape index (κ1) is 13.6. The van der Waals surface area contributed by atoms with E-state index in [1.807, 2.05) is 20.8 Å². The molecule has 0 aromatic heterocycles. The highest BCUT2D eigenvalue weighted by Gasteiger charge is 2.60. The number of hydrogen-bond acceptors (Lipinski definition) is 4. The fraction of sp³-hybridized carbons (Fsp3) is 1.00. The van der Waals surface area contributed by atoms with E-state index in [-0.39, 0.29) is 12.1 Å². The highest BCUT2D eigenvalue weighted by molar-refractivity contribution is 5.06. The fourth-order valence-electron chi connectivity index (χ4n) is 2.99. The van der Waals surface area contributed by atoms with Gasteiger partial charge < -0.3 is 14.2 Å². The molecule has 2 rings (SSSR count).